The smallest absolute Gasteiger partial charge is 0.358 e. The normalized spacial score (nSPS) is 10.4. The summed E-state index contributed by atoms with van der Waals surface area (Å²) in [4.78, 5) is 21.9. The summed E-state index contributed by atoms with van der Waals surface area (Å²) in [6, 6.07) is 6.76. The highest BCUT2D eigenvalue weighted by molar-refractivity contribution is 5.92. The van der Waals surface area contributed by atoms with Crippen molar-refractivity contribution >= 4 is 11.9 Å². The topological polar surface area (TPSA) is 111 Å². The van der Waals surface area contributed by atoms with Crippen molar-refractivity contribution in [2.45, 2.75) is 13.5 Å². The first-order chi connectivity index (χ1) is 8.99. The Bertz CT molecular complexity index is 648. The predicted octanol–water partition coefficient (Wildman–Crippen LogP) is 0.432. The van der Waals surface area contributed by atoms with E-state index in [1.54, 1.807) is 31.2 Å². The monoisotopic (exact) mass is 260 g/mol. The van der Waals surface area contributed by atoms with Crippen LogP contribution in [0.4, 0.5) is 0 Å². The zero-order valence-corrected chi connectivity index (χ0v) is 10.2. The van der Waals surface area contributed by atoms with Crippen LogP contribution in [-0.4, -0.2) is 32.0 Å². The molecule has 3 N–H and O–H groups in total. The van der Waals surface area contributed by atoms with Gasteiger partial charge in [-0.05, 0) is 24.6 Å². The number of carboxylic acids is 1. The minimum absolute atomic E-state index is 0.0777. The van der Waals surface area contributed by atoms with E-state index in [-0.39, 0.29) is 5.69 Å². The van der Waals surface area contributed by atoms with Gasteiger partial charge in [-0.15, -0.1) is 5.10 Å². The third-order valence-corrected chi connectivity index (χ3v) is 2.73. The van der Waals surface area contributed by atoms with Crippen LogP contribution in [0.3, 0.4) is 0 Å². The Hall–Kier alpha value is -2.70. The molecular formula is C12H12N4O3. The van der Waals surface area contributed by atoms with E-state index in [9.17, 15) is 9.59 Å². The number of carbonyl (C=O) groups excluding carboxylic acids is 1. The number of amides is 1. The van der Waals surface area contributed by atoms with Crippen molar-refractivity contribution in [3.63, 3.8) is 0 Å². The third-order valence-electron chi connectivity index (χ3n) is 2.73. The second-order valence-corrected chi connectivity index (χ2v) is 4.05. The summed E-state index contributed by atoms with van der Waals surface area (Å²) in [6.07, 6.45) is 0. The molecule has 7 nitrogen and oxygen atoms in total. The SMILES string of the molecule is Cc1c(C(=O)O)nnn1Cc1cccc(C(N)=O)c1. The van der Waals surface area contributed by atoms with Crippen LogP contribution < -0.4 is 5.73 Å². The lowest BCUT2D eigenvalue weighted by molar-refractivity contribution is 0.0689. The molecule has 98 valence electrons. The molecule has 1 amide bonds. The Morgan fingerprint density at radius 3 is 2.74 bits per heavy atom. The van der Waals surface area contributed by atoms with Gasteiger partial charge in [0.05, 0.1) is 12.2 Å². The molecule has 1 aromatic carbocycles. The van der Waals surface area contributed by atoms with Crippen molar-refractivity contribution in [1.29, 1.82) is 0 Å². The summed E-state index contributed by atoms with van der Waals surface area (Å²) in [5.74, 6) is -1.63. The van der Waals surface area contributed by atoms with Crippen LogP contribution in [-0.2, 0) is 6.54 Å². The Morgan fingerprint density at radius 1 is 1.42 bits per heavy atom. The van der Waals surface area contributed by atoms with Crippen LogP contribution in [0.1, 0.15) is 32.1 Å². The molecule has 0 saturated heterocycles. The molecule has 0 aliphatic heterocycles. The van der Waals surface area contributed by atoms with Gasteiger partial charge in [-0.3, -0.25) is 4.79 Å². The van der Waals surface area contributed by atoms with Crippen LogP contribution in [0.5, 0.6) is 0 Å². The fraction of sp³-hybridized carbons (Fsp3) is 0.167. The number of carbonyl (C=O) groups is 2. The highest BCUT2D eigenvalue weighted by Crippen LogP contribution is 2.10. The molecule has 1 heterocycles. The van der Waals surface area contributed by atoms with Crippen LogP contribution in [0.15, 0.2) is 24.3 Å². The summed E-state index contributed by atoms with van der Waals surface area (Å²) in [6.45, 7) is 1.95. The zero-order chi connectivity index (χ0) is 14.0. The van der Waals surface area contributed by atoms with Crippen molar-refractivity contribution in [1.82, 2.24) is 15.0 Å². The third kappa shape index (κ3) is 2.59. The average molecular weight is 260 g/mol. The highest BCUT2D eigenvalue weighted by atomic mass is 16.4. The van der Waals surface area contributed by atoms with E-state index in [0.717, 1.165) is 5.56 Å². The maximum absolute atomic E-state index is 11.1. The molecule has 2 rings (SSSR count). The number of carboxylic acid groups (broad SMARTS) is 1. The van der Waals surface area contributed by atoms with Gasteiger partial charge in [0.1, 0.15) is 0 Å². The lowest BCUT2D eigenvalue weighted by Crippen LogP contribution is -2.12. The molecular weight excluding hydrogens is 248 g/mol. The fourth-order valence-corrected chi connectivity index (χ4v) is 1.70. The molecule has 0 saturated carbocycles. The van der Waals surface area contributed by atoms with Gasteiger partial charge >= 0.3 is 5.97 Å². The van der Waals surface area contributed by atoms with Crippen LogP contribution in [0.2, 0.25) is 0 Å². The predicted molar refractivity (Wildman–Crippen MR) is 65.8 cm³/mol. The number of hydrogen-bond acceptors (Lipinski definition) is 4. The van der Waals surface area contributed by atoms with Gasteiger partial charge in [-0.1, -0.05) is 17.3 Å². The number of nitrogens with zero attached hydrogens (tertiary/aromatic N) is 3. The quantitative estimate of drug-likeness (QED) is 0.828. The van der Waals surface area contributed by atoms with E-state index < -0.39 is 11.9 Å². The van der Waals surface area contributed by atoms with E-state index in [1.165, 1.54) is 4.68 Å². The lowest BCUT2D eigenvalue weighted by Gasteiger charge is -2.04. The Labute approximate surface area is 108 Å². The minimum Gasteiger partial charge on any atom is -0.476 e. The largest absolute Gasteiger partial charge is 0.476 e. The van der Waals surface area contributed by atoms with E-state index in [1.807, 2.05) is 0 Å². The van der Waals surface area contributed by atoms with Gasteiger partial charge in [-0.25, -0.2) is 9.48 Å². The van der Waals surface area contributed by atoms with Crippen LogP contribution in [0, 0.1) is 6.92 Å². The number of rotatable bonds is 4. The molecule has 2 aromatic rings. The van der Waals surface area contributed by atoms with Gasteiger partial charge in [0, 0.05) is 5.56 Å². The second-order valence-electron chi connectivity index (χ2n) is 4.05. The molecule has 0 spiro atoms. The second kappa shape index (κ2) is 4.89. The first-order valence-corrected chi connectivity index (χ1v) is 5.51. The van der Waals surface area contributed by atoms with E-state index in [2.05, 4.69) is 10.3 Å². The first-order valence-electron chi connectivity index (χ1n) is 5.51. The average Bonchev–Trinajstić information content (AvgIpc) is 2.71. The molecule has 0 unspecified atom stereocenters. The molecule has 7 heteroatoms. The molecule has 0 atom stereocenters. The Kier molecular flexibility index (Phi) is 3.28. The van der Waals surface area contributed by atoms with E-state index in [4.69, 9.17) is 10.8 Å². The van der Waals surface area contributed by atoms with Crippen LogP contribution in [0.25, 0.3) is 0 Å². The maximum Gasteiger partial charge on any atom is 0.358 e. The highest BCUT2D eigenvalue weighted by Gasteiger charge is 2.15. The number of hydrogen-bond donors (Lipinski definition) is 2. The van der Waals surface area contributed by atoms with E-state index in [0.29, 0.717) is 17.8 Å². The molecule has 0 radical (unpaired) electrons. The lowest BCUT2D eigenvalue weighted by atomic mass is 10.1. The standard InChI is InChI=1S/C12H12N4O3/c1-7-10(12(18)19)14-15-16(7)6-8-3-2-4-9(5-8)11(13)17/h2-5H,6H2,1H3,(H2,13,17)(H,18,19). The summed E-state index contributed by atoms with van der Waals surface area (Å²) in [5.41, 5.74) is 6.77. The number of primary amides is 1. The van der Waals surface area contributed by atoms with Crippen LogP contribution >= 0.6 is 0 Å². The summed E-state index contributed by atoms with van der Waals surface area (Å²) in [7, 11) is 0. The molecule has 0 aliphatic rings. The molecule has 0 bridgehead atoms. The summed E-state index contributed by atoms with van der Waals surface area (Å²) in [5, 5.41) is 16.3. The fourth-order valence-electron chi connectivity index (χ4n) is 1.70. The van der Waals surface area contributed by atoms with Crippen molar-refractivity contribution in [3.05, 3.63) is 46.8 Å². The molecule has 1 aromatic heterocycles. The first kappa shape index (κ1) is 12.7. The Balaban J connectivity index is 2.29. The van der Waals surface area contributed by atoms with Gasteiger partial charge in [0.25, 0.3) is 0 Å². The van der Waals surface area contributed by atoms with Gasteiger partial charge in [0.15, 0.2) is 5.69 Å². The van der Waals surface area contributed by atoms with Crippen molar-refractivity contribution in [2.75, 3.05) is 0 Å². The number of benzene rings is 1. The number of aromatic nitrogens is 3. The van der Waals surface area contributed by atoms with Crippen molar-refractivity contribution in [3.8, 4) is 0 Å². The van der Waals surface area contributed by atoms with Gasteiger partial charge in [0.2, 0.25) is 5.91 Å². The van der Waals surface area contributed by atoms with Gasteiger partial charge < -0.3 is 10.8 Å². The molecule has 0 aliphatic carbocycles. The minimum atomic E-state index is -1.12. The summed E-state index contributed by atoms with van der Waals surface area (Å²) < 4.78 is 1.46. The zero-order valence-electron chi connectivity index (χ0n) is 10.2. The van der Waals surface area contributed by atoms with Gasteiger partial charge in [-0.2, -0.15) is 0 Å². The number of nitrogens with two attached hydrogens (primary N) is 1. The Morgan fingerprint density at radius 2 is 2.16 bits per heavy atom. The molecule has 0 fully saturated rings. The van der Waals surface area contributed by atoms with E-state index >= 15 is 0 Å². The van der Waals surface area contributed by atoms with Crippen molar-refractivity contribution in [2.24, 2.45) is 5.73 Å². The van der Waals surface area contributed by atoms with Crippen molar-refractivity contribution < 1.29 is 14.7 Å². The summed E-state index contributed by atoms with van der Waals surface area (Å²) >= 11 is 0. The molecule has 19 heavy (non-hydrogen) atoms. The number of aromatic carboxylic acids is 1. The maximum atomic E-state index is 11.1.